The standard InChI is InChI=1S/C24H29ClN2O2.CH4/c1-16(2)22(26-23(28)21-7-5-4-6-17(21)3)24(29)27-14-12-19(13-15-27)18-8-10-20(25)11-9-18;/h4-11,16,19,22H,12-15H2,1-3H3,(H,26,28);1H4/t22-;/m1./s1. The summed E-state index contributed by atoms with van der Waals surface area (Å²) < 4.78 is 0. The van der Waals surface area contributed by atoms with Gasteiger partial charge in [-0.3, -0.25) is 9.59 Å². The van der Waals surface area contributed by atoms with Crippen molar-refractivity contribution in [3.8, 4) is 0 Å². The van der Waals surface area contributed by atoms with Gasteiger partial charge in [-0.25, -0.2) is 0 Å². The van der Waals surface area contributed by atoms with E-state index in [1.165, 1.54) is 5.56 Å². The lowest BCUT2D eigenvalue weighted by atomic mass is 9.89. The second-order valence-electron chi connectivity index (χ2n) is 8.16. The van der Waals surface area contributed by atoms with Gasteiger partial charge in [-0.1, -0.05) is 63.2 Å². The van der Waals surface area contributed by atoms with Crippen LogP contribution in [0.15, 0.2) is 48.5 Å². The molecule has 1 aliphatic heterocycles. The third-order valence-electron chi connectivity index (χ3n) is 5.76. The maximum absolute atomic E-state index is 13.2. The van der Waals surface area contributed by atoms with E-state index in [-0.39, 0.29) is 25.2 Å². The van der Waals surface area contributed by atoms with Crippen molar-refractivity contribution in [1.29, 1.82) is 0 Å². The van der Waals surface area contributed by atoms with Gasteiger partial charge in [0.1, 0.15) is 6.04 Å². The number of carbonyl (C=O) groups is 2. The molecule has 1 atom stereocenters. The van der Waals surface area contributed by atoms with E-state index in [1.807, 2.05) is 56.0 Å². The van der Waals surface area contributed by atoms with Crippen LogP contribution in [-0.4, -0.2) is 35.8 Å². The maximum atomic E-state index is 13.2. The molecule has 1 aliphatic rings. The molecular formula is C25H33ClN2O2. The minimum Gasteiger partial charge on any atom is -0.341 e. The molecule has 0 spiro atoms. The molecule has 0 bridgehead atoms. The second-order valence-corrected chi connectivity index (χ2v) is 8.60. The fraction of sp³-hybridized carbons (Fsp3) is 0.440. The summed E-state index contributed by atoms with van der Waals surface area (Å²) in [6.45, 7) is 7.26. The number of likely N-dealkylation sites (tertiary alicyclic amines) is 1. The number of aryl methyl sites for hydroxylation is 1. The van der Waals surface area contributed by atoms with Crippen molar-refractivity contribution in [2.45, 2.75) is 53.0 Å². The van der Waals surface area contributed by atoms with Gasteiger partial charge in [-0.05, 0) is 60.9 Å². The summed E-state index contributed by atoms with van der Waals surface area (Å²) in [5.74, 6) is 0.280. The van der Waals surface area contributed by atoms with E-state index >= 15 is 0 Å². The molecule has 1 N–H and O–H groups in total. The van der Waals surface area contributed by atoms with E-state index in [4.69, 9.17) is 11.6 Å². The number of amides is 2. The molecule has 5 heteroatoms. The maximum Gasteiger partial charge on any atom is 0.252 e. The first-order chi connectivity index (χ1) is 13.9. The van der Waals surface area contributed by atoms with E-state index in [9.17, 15) is 9.59 Å². The summed E-state index contributed by atoms with van der Waals surface area (Å²) in [5, 5.41) is 3.72. The van der Waals surface area contributed by atoms with Crippen LogP contribution < -0.4 is 5.32 Å². The van der Waals surface area contributed by atoms with Crippen molar-refractivity contribution in [2.75, 3.05) is 13.1 Å². The van der Waals surface area contributed by atoms with Crippen molar-refractivity contribution < 1.29 is 9.59 Å². The SMILES string of the molecule is C.Cc1ccccc1C(=O)N[C@@H](C(=O)N1CCC(c2ccc(Cl)cc2)CC1)C(C)C. The summed E-state index contributed by atoms with van der Waals surface area (Å²) in [4.78, 5) is 27.8. The highest BCUT2D eigenvalue weighted by Gasteiger charge is 2.31. The first-order valence-corrected chi connectivity index (χ1v) is 10.7. The highest BCUT2D eigenvalue weighted by Crippen LogP contribution is 2.29. The van der Waals surface area contributed by atoms with E-state index < -0.39 is 6.04 Å². The molecule has 2 amide bonds. The molecule has 1 fully saturated rings. The van der Waals surface area contributed by atoms with E-state index in [0.717, 1.165) is 23.4 Å². The Morgan fingerprint density at radius 2 is 1.63 bits per heavy atom. The van der Waals surface area contributed by atoms with Gasteiger partial charge in [0, 0.05) is 23.7 Å². The molecule has 1 heterocycles. The van der Waals surface area contributed by atoms with Crippen LogP contribution in [0.4, 0.5) is 0 Å². The van der Waals surface area contributed by atoms with Crippen LogP contribution in [0.25, 0.3) is 0 Å². The van der Waals surface area contributed by atoms with Crippen LogP contribution >= 0.6 is 11.6 Å². The zero-order valence-corrected chi connectivity index (χ0v) is 18.1. The van der Waals surface area contributed by atoms with Gasteiger partial charge in [0.2, 0.25) is 5.91 Å². The van der Waals surface area contributed by atoms with Gasteiger partial charge < -0.3 is 10.2 Å². The number of nitrogens with one attached hydrogen (secondary N) is 1. The van der Waals surface area contributed by atoms with Crippen molar-refractivity contribution >= 4 is 23.4 Å². The summed E-state index contributed by atoms with van der Waals surface area (Å²) in [5.41, 5.74) is 2.80. The largest absolute Gasteiger partial charge is 0.341 e. The van der Waals surface area contributed by atoms with Gasteiger partial charge in [-0.15, -0.1) is 0 Å². The van der Waals surface area contributed by atoms with Crippen LogP contribution in [0, 0.1) is 12.8 Å². The Labute approximate surface area is 185 Å². The molecule has 2 aromatic carbocycles. The number of piperidine rings is 1. The molecular weight excluding hydrogens is 396 g/mol. The van der Waals surface area contributed by atoms with Gasteiger partial charge in [0.15, 0.2) is 0 Å². The Balaban J connectivity index is 0.00000320. The molecule has 0 unspecified atom stereocenters. The van der Waals surface area contributed by atoms with Crippen LogP contribution in [0.5, 0.6) is 0 Å². The zero-order chi connectivity index (χ0) is 21.0. The molecule has 2 aromatic rings. The Morgan fingerprint density at radius 3 is 2.20 bits per heavy atom. The predicted molar refractivity (Wildman–Crippen MR) is 124 cm³/mol. The average molecular weight is 429 g/mol. The van der Waals surface area contributed by atoms with Crippen LogP contribution in [-0.2, 0) is 4.79 Å². The zero-order valence-electron chi connectivity index (χ0n) is 17.3. The fourth-order valence-electron chi connectivity index (χ4n) is 3.93. The lowest BCUT2D eigenvalue weighted by Crippen LogP contribution is -2.52. The molecule has 3 rings (SSSR count). The Kier molecular flexibility index (Phi) is 8.48. The van der Waals surface area contributed by atoms with Crippen molar-refractivity contribution in [3.05, 3.63) is 70.2 Å². The van der Waals surface area contributed by atoms with Crippen molar-refractivity contribution in [1.82, 2.24) is 10.2 Å². The molecule has 0 saturated carbocycles. The van der Waals surface area contributed by atoms with Crippen molar-refractivity contribution in [3.63, 3.8) is 0 Å². The molecule has 0 aromatic heterocycles. The van der Waals surface area contributed by atoms with Gasteiger partial charge >= 0.3 is 0 Å². The summed E-state index contributed by atoms with van der Waals surface area (Å²) in [6, 6.07) is 14.9. The highest BCUT2D eigenvalue weighted by atomic mass is 35.5. The highest BCUT2D eigenvalue weighted by molar-refractivity contribution is 6.30. The third kappa shape index (κ3) is 5.63. The topological polar surface area (TPSA) is 49.4 Å². The number of hydrogen-bond donors (Lipinski definition) is 1. The number of benzene rings is 2. The van der Waals surface area contributed by atoms with E-state index in [1.54, 1.807) is 6.07 Å². The molecule has 30 heavy (non-hydrogen) atoms. The Hall–Kier alpha value is -2.33. The number of hydrogen-bond acceptors (Lipinski definition) is 2. The summed E-state index contributed by atoms with van der Waals surface area (Å²) >= 11 is 5.99. The normalized spacial score (nSPS) is 15.4. The number of carbonyl (C=O) groups excluding carboxylic acids is 2. The van der Waals surface area contributed by atoms with Gasteiger partial charge in [0.05, 0.1) is 0 Å². The number of rotatable bonds is 5. The van der Waals surface area contributed by atoms with E-state index in [2.05, 4.69) is 17.4 Å². The Morgan fingerprint density at radius 1 is 1.03 bits per heavy atom. The van der Waals surface area contributed by atoms with Crippen molar-refractivity contribution in [2.24, 2.45) is 5.92 Å². The quantitative estimate of drug-likeness (QED) is 0.688. The monoisotopic (exact) mass is 428 g/mol. The van der Waals surface area contributed by atoms with E-state index in [0.29, 0.717) is 24.6 Å². The second kappa shape index (κ2) is 10.6. The average Bonchev–Trinajstić information content (AvgIpc) is 2.72. The summed E-state index contributed by atoms with van der Waals surface area (Å²) in [7, 11) is 0. The third-order valence-corrected chi connectivity index (χ3v) is 6.01. The molecule has 1 saturated heterocycles. The lowest BCUT2D eigenvalue weighted by molar-refractivity contribution is -0.135. The van der Waals surface area contributed by atoms with Crippen LogP contribution in [0.2, 0.25) is 5.02 Å². The minimum absolute atomic E-state index is 0. The fourth-order valence-corrected chi connectivity index (χ4v) is 4.05. The first kappa shape index (κ1) is 23.9. The predicted octanol–water partition coefficient (Wildman–Crippen LogP) is 5.45. The van der Waals surface area contributed by atoms with Crippen LogP contribution in [0.3, 0.4) is 0 Å². The lowest BCUT2D eigenvalue weighted by Gasteiger charge is -2.35. The molecule has 0 radical (unpaired) electrons. The number of nitrogens with zero attached hydrogens (tertiary/aromatic N) is 1. The van der Waals surface area contributed by atoms with Gasteiger partial charge in [0.25, 0.3) is 5.91 Å². The Bertz CT molecular complexity index is 856. The minimum atomic E-state index is -0.519. The van der Waals surface area contributed by atoms with Gasteiger partial charge in [-0.2, -0.15) is 0 Å². The van der Waals surface area contributed by atoms with Crippen LogP contribution in [0.1, 0.15) is 61.5 Å². The first-order valence-electron chi connectivity index (χ1n) is 10.3. The number of halogens is 1. The molecule has 4 nitrogen and oxygen atoms in total. The molecule has 162 valence electrons. The molecule has 0 aliphatic carbocycles. The smallest absolute Gasteiger partial charge is 0.252 e. The summed E-state index contributed by atoms with van der Waals surface area (Å²) in [6.07, 6.45) is 1.84.